The third kappa shape index (κ3) is 13.8. The lowest BCUT2D eigenvalue weighted by atomic mass is 10.2. The van der Waals surface area contributed by atoms with Gasteiger partial charge in [-0.15, -0.1) is 0 Å². The fourth-order valence-electron chi connectivity index (χ4n) is 0.993. The fourth-order valence-corrected chi connectivity index (χ4v) is 1.12. The summed E-state index contributed by atoms with van der Waals surface area (Å²) >= 11 is 10.7. The largest absolute Gasteiger partial charge is 0.392 e. The molecular formula is C11H19Cl2NO2. The normalized spacial score (nSPS) is 10.7. The third-order valence-electron chi connectivity index (χ3n) is 1.80. The number of hydrogen-bond acceptors (Lipinski definition) is 3. The minimum absolute atomic E-state index is 0.183. The van der Waals surface area contributed by atoms with Gasteiger partial charge in [-0.3, -0.25) is 0 Å². The van der Waals surface area contributed by atoms with Crippen LogP contribution in [0.5, 0.6) is 0 Å². The number of ether oxygens (including phenoxy) is 1. The highest BCUT2D eigenvalue weighted by Gasteiger charge is 1.87. The van der Waals surface area contributed by atoms with E-state index < -0.39 is 0 Å². The number of rotatable bonds is 10. The molecule has 0 radical (unpaired) electrons. The van der Waals surface area contributed by atoms with Crippen molar-refractivity contribution in [1.82, 2.24) is 0 Å². The Morgan fingerprint density at radius 3 is 2.69 bits per heavy atom. The number of oxime groups is 1. The number of nitrogens with zero attached hydrogens (tertiary/aromatic N) is 1. The number of hydrogen-bond donors (Lipinski definition) is 0. The molecule has 0 aromatic carbocycles. The molecule has 0 heterocycles. The van der Waals surface area contributed by atoms with Crippen molar-refractivity contribution in [3.63, 3.8) is 0 Å². The molecule has 0 aliphatic rings. The zero-order valence-corrected chi connectivity index (χ0v) is 11.1. The van der Waals surface area contributed by atoms with Gasteiger partial charge in [0.25, 0.3) is 0 Å². The minimum Gasteiger partial charge on any atom is -0.392 e. The van der Waals surface area contributed by atoms with Crippen LogP contribution in [0, 0.1) is 0 Å². The van der Waals surface area contributed by atoms with Gasteiger partial charge in [0.05, 0.1) is 12.8 Å². The molecule has 0 aromatic heterocycles. The van der Waals surface area contributed by atoms with Crippen molar-refractivity contribution in [1.29, 1.82) is 0 Å². The van der Waals surface area contributed by atoms with Gasteiger partial charge in [0, 0.05) is 6.61 Å². The summed E-state index contributed by atoms with van der Waals surface area (Å²) in [6, 6.07) is 0. The average Bonchev–Trinajstić information content (AvgIpc) is 2.25. The molecule has 0 rings (SSSR count). The van der Waals surface area contributed by atoms with Gasteiger partial charge < -0.3 is 9.57 Å². The second-order valence-electron chi connectivity index (χ2n) is 3.21. The van der Waals surface area contributed by atoms with Gasteiger partial charge in [0.15, 0.2) is 0 Å². The molecule has 0 saturated carbocycles. The van der Waals surface area contributed by atoms with Crippen LogP contribution in [-0.2, 0) is 9.57 Å². The molecule has 0 aliphatic carbocycles. The first-order valence-corrected chi connectivity index (χ1v) is 6.25. The molecule has 0 fully saturated rings. The first-order chi connectivity index (χ1) is 7.77. The predicted octanol–water partition coefficient (Wildman–Crippen LogP) is 3.90. The van der Waals surface area contributed by atoms with Gasteiger partial charge >= 0.3 is 0 Å². The Kier molecular flexibility index (Phi) is 12.6. The molecule has 0 aliphatic heterocycles. The molecule has 0 unspecified atom stereocenters. The van der Waals surface area contributed by atoms with Crippen molar-refractivity contribution in [3.05, 3.63) is 10.6 Å². The standard InChI is InChI=1S/C11H19Cl2NO2/c1-2-3-4-5-8-15-10-7-14-16-9-6-11(12)13/h6-7H,2-5,8-10H2,1H3. The minimum atomic E-state index is 0.183. The van der Waals surface area contributed by atoms with Crippen molar-refractivity contribution in [2.45, 2.75) is 32.6 Å². The topological polar surface area (TPSA) is 30.8 Å². The highest BCUT2D eigenvalue weighted by atomic mass is 35.5. The Labute approximate surface area is 107 Å². The Bertz CT molecular complexity index is 204. The highest BCUT2D eigenvalue weighted by Crippen LogP contribution is 2.04. The molecule has 3 nitrogen and oxygen atoms in total. The van der Waals surface area contributed by atoms with E-state index in [1.165, 1.54) is 25.3 Å². The first kappa shape index (κ1) is 15.8. The van der Waals surface area contributed by atoms with Gasteiger partial charge in [-0.1, -0.05) is 54.5 Å². The fraction of sp³-hybridized carbons (Fsp3) is 0.727. The average molecular weight is 268 g/mol. The molecule has 5 heteroatoms. The van der Waals surface area contributed by atoms with Crippen molar-refractivity contribution >= 4 is 29.4 Å². The lowest BCUT2D eigenvalue weighted by molar-refractivity contribution is 0.153. The molecule has 0 atom stereocenters. The van der Waals surface area contributed by atoms with Crippen LogP contribution in [0.1, 0.15) is 32.6 Å². The zero-order valence-electron chi connectivity index (χ0n) is 9.62. The van der Waals surface area contributed by atoms with E-state index >= 15 is 0 Å². The molecule has 0 N–H and O–H groups in total. The van der Waals surface area contributed by atoms with E-state index in [-0.39, 0.29) is 11.1 Å². The Hall–Kier alpha value is -0.250. The molecule has 94 valence electrons. The summed E-state index contributed by atoms with van der Waals surface area (Å²) in [5, 5.41) is 3.67. The quantitative estimate of drug-likeness (QED) is 0.342. The van der Waals surface area contributed by atoms with E-state index in [2.05, 4.69) is 12.1 Å². The zero-order chi connectivity index (χ0) is 12.1. The maximum atomic E-state index is 5.37. The summed E-state index contributed by atoms with van der Waals surface area (Å²) in [6.07, 6.45) is 7.94. The first-order valence-electron chi connectivity index (χ1n) is 5.50. The van der Waals surface area contributed by atoms with Crippen molar-refractivity contribution < 1.29 is 9.57 Å². The SMILES string of the molecule is CCCCCCOCC=NOCC=C(Cl)Cl. The van der Waals surface area contributed by atoms with Crippen LogP contribution in [-0.4, -0.2) is 26.0 Å². The third-order valence-corrected chi connectivity index (χ3v) is 2.10. The Morgan fingerprint density at radius 2 is 2.00 bits per heavy atom. The van der Waals surface area contributed by atoms with Crippen molar-refractivity contribution in [2.24, 2.45) is 5.16 Å². The molecule has 0 saturated heterocycles. The van der Waals surface area contributed by atoms with Gasteiger partial charge in [-0.05, 0) is 12.5 Å². The maximum Gasteiger partial charge on any atom is 0.138 e. The van der Waals surface area contributed by atoms with Crippen LogP contribution < -0.4 is 0 Å². The summed E-state index contributed by atoms with van der Waals surface area (Å²) < 4.78 is 5.49. The Balaban J connectivity index is 3.13. The van der Waals surface area contributed by atoms with E-state index in [1.807, 2.05) is 0 Å². The molecule has 0 bridgehead atoms. The number of halogens is 2. The lowest BCUT2D eigenvalue weighted by Gasteiger charge is -1.99. The summed E-state index contributed by atoms with van der Waals surface area (Å²) in [4.78, 5) is 4.83. The second-order valence-corrected chi connectivity index (χ2v) is 4.22. The summed E-state index contributed by atoms with van der Waals surface area (Å²) in [5.74, 6) is 0. The van der Waals surface area contributed by atoms with E-state index in [0.29, 0.717) is 6.61 Å². The van der Waals surface area contributed by atoms with Crippen LogP contribution >= 0.6 is 23.2 Å². The highest BCUT2D eigenvalue weighted by molar-refractivity contribution is 6.55. The molecule has 0 aromatic rings. The van der Waals surface area contributed by atoms with Crippen LogP contribution in [0.25, 0.3) is 0 Å². The summed E-state index contributed by atoms with van der Waals surface area (Å²) in [5.41, 5.74) is 0. The van der Waals surface area contributed by atoms with Crippen molar-refractivity contribution in [3.8, 4) is 0 Å². The van der Waals surface area contributed by atoms with Gasteiger partial charge in [-0.2, -0.15) is 0 Å². The maximum absolute atomic E-state index is 5.37. The van der Waals surface area contributed by atoms with Gasteiger partial charge in [0.1, 0.15) is 11.1 Å². The molecular weight excluding hydrogens is 249 g/mol. The summed E-state index contributed by atoms with van der Waals surface area (Å²) in [7, 11) is 0. The van der Waals surface area contributed by atoms with Crippen LogP contribution in [0.2, 0.25) is 0 Å². The van der Waals surface area contributed by atoms with E-state index in [4.69, 9.17) is 32.8 Å². The molecule has 16 heavy (non-hydrogen) atoms. The van der Waals surface area contributed by atoms with Gasteiger partial charge in [-0.25, -0.2) is 0 Å². The Morgan fingerprint density at radius 1 is 1.19 bits per heavy atom. The van der Waals surface area contributed by atoms with Crippen LogP contribution in [0.4, 0.5) is 0 Å². The summed E-state index contributed by atoms with van der Waals surface area (Å²) in [6.45, 7) is 3.71. The van der Waals surface area contributed by atoms with E-state index in [9.17, 15) is 0 Å². The van der Waals surface area contributed by atoms with Crippen LogP contribution in [0.15, 0.2) is 15.7 Å². The van der Waals surface area contributed by atoms with Crippen LogP contribution in [0.3, 0.4) is 0 Å². The van der Waals surface area contributed by atoms with E-state index in [1.54, 1.807) is 6.21 Å². The smallest absolute Gasteiger partial charge is 0.138 e. The number of unbranched alkanes of at least 4 members (excludes halogenated alkanes) is 3. The van der Waals surface area contributed by atoms with Crippen molar-refractivity contribution in [2.75, 3.05) is 19.8 Å². The predicted molar refractivity (Wildman–Crippen MR) is 69.2 cm³/mol. The second kappa shape index (κ2) is 12.8. The van der Waals surface area contributed by atoms with Gasteiger partial charge in [0.2, 0.25) is 0 Å². The van der Waals surface area contributed by atoms with E-state index in [0.717, 1.165) is 13.0 Å². The lowest BCUT2D eigenvalue weighted by Crippen LogP contribution is -1.98. The molecule has 0 spiro atoms. The monoisotopic (exact) mass is 267 g/mol. The molecule has 0 amide bonds.